The first-order valence-electron chi connectivity index (χ1n) is 11.0. The lowest BCUT2D eigenvalue weighted by atomic mass is 9.91. The zero-order valence-electron chi connectivity index (χ0n) is 19.2. The van der Waals surface area contributed by atoms with Gasteiger partial charge in [0.1, 0.15) is 11.5 Å². The predicted octanol–water partition coefficient (Wildman–Crippen LogP) is 5.77. The second kappa shape index (κ2) is 7.99. The first-order chi connectivity index (χ1) is 14.7. The summed E-state index contributed by atoms with van der Waals surface area (Å²) in [5.74, 6) is 0.437. The van der Waals surface area contributed by atoms with E-state index >= 15 is 0 Å². The number of carbonyl (C=O) groups excluding carboxylic acids is 2. The van der Waals surface area contributed by atoms with Gasteiger partial charge in [-0.2, -0.15) is 0 Å². The molecule has 4 nitrogen and oxygen atoms in total. The highest BCUT2D eigenvalue weighted by atomic mass is 16.5. The summed E-state index contributed by atoms with van der Waals surface area (Å²) in [5.41, 5.74) is 7.46. The third kappa shape index (κ3) is 3.69. The fourth-order valence-corrected chi connectivity index (χ4v) is 4.89. The first kappa shape index (κ1) is 21.4. The van der Waals surface area contributed by atoms with Gasteiger partial charge in [-0.25, -0.2) is 9.59 Å². The van der Waals surface area contributed by atoms with Crippen LogP contribution in [0.25, 0.3) is 0 Å². The second-order valence-electron chi connectivity index (χ2n) is 9.07. The number of benzene rings is 2. The van der Waals surface area contributed by atoms with Crippen molar-refractivity contribution in [3.8, 4) is 11.5 Å². The Labute approximate surface area is 184 Å². The van der Waals surface area contributed by atoms with Crippen LogP contribution in [0.15, 0.2) is 35.4 Å². The Hall–Kier alpha value is -2.88. The van der Waals surface area contributed by atoms with Crippen LogP contribution in [0.4, 0.5) is 0 Å². The average molecular weight is 419 g/mol. The van der Waals surface area contributed by atoms with Crippen molar-refractivity contribution in [2.75, 3.05) is 0 Å². The summed E-state index contributed by atoms with van der Waals surface area (Å²) in [7, 11) is 0. The predicted molar refractivity (Wildman–Crippen MR) is 120 cm³/mol. The molecule has 0 spiro atoms. The molecule has 2 aromatic carbocycles. The van der Waals surface area contributed by atoms with E-state index < -0.39 is 11.9 Å². The molecule has 4 rings (SSSR count). The molecular formula is C27H30O4. The normalized spacial score (nSPS) is 19.7. The number of ether oxygens (including phenoxy) is 2. The highest BCUT2D eigenvalue weighted by molar-refractivity contribution is 6.04. The van der Waals surface area contributed by atoms with E-state index in [9.17, 15) is 9.59 Å². The van der Waals surface area contributed by atoms with Crippen molar-refractivity contribution in [3.05, 3.63) is 68.8 Å². The van der Waals surface area contributed by atoms with E-state index in [4.69, 9.17) is 9.47 Å². The minimum atomic E-state index is -0.415. The Balaban J connectivity index is 1.64. The fraction of sp³-hybridized carbons (Fsp3) is 0.407. The Bertz CT molecular complexity index is 1040. The summed E-state index contributed by atoms with van der Waals surface area (Å²) < 4.78 is 11.6. The maximum absolute atomic E-state index is 13.2. The smallest absolute Gasteiger partial charge is 0.340 e. The van der Waals surface area contributed by atoms with Gasteiger partial charge in [0.2, 0.25) is 0 Å². The van der Waals surface area contributed by atoms with Crippen LogP contribution in [0.3, 0.4) is 0 Å². The number of rotatable bonds is 4. The van der Waals surface area contributed by atoms with E-state index in [1.807, 2.05) is 65.8 Å². The Morgan fingerprint density at radius 3 is 1.42 bits per heavy atom. The van der Waals surface area contributed by atoms with E-state index in [-0.39, 0.29) is 11.8 Å². The minimum Gasteiger partial charge on any atom is -0.423 e. The van der Waals surface area contributed by atoms with Gasteiger partial charge in [-0.3, -0.25) is 0 Å². The highest BCUT2D eigenvalue weighted by Crippen LogP contribution is 2.49. The van der Waals surface area contributed by atoms with E-state index in [1.54, 1.807) is 0 Å². The van der Waals surface area contributed by atoms with Gasteiger partial charge >= 0.3 is 11.9 Å². The molecule has 0 saturated heterocycles. The summed E-state index contributed by atoms with van der Waals surface area (Å²) in [6, 6.07) is 7.58. The third-order valence-electron chi connectivity index (χ3n) is 7.40. The molecule has 0 N–H and O–H groups in total. The lowest BCUT2D eigenvalue weighted by Gasteiger charge is -2.19. The van der Waals surface area contributed by atoms with Gasteiger partial charge < -0.3 is 9.47 Å². The molecule has 2 unspecified atom stereocenters. The topological polar surface area (TPSA) is 52.6 Å². The van der Waals surface area contributed by atoms with Crippen molar-refractivity contribution in [2.45, 2.75) is 60.8 Å². The van der Waals surface area contributed by atoms with Crippen LogP contribution in [0, 0.1) is 53.4 Å². The highest BCUT2D eigenvalue weighted by Gasteiger charge is 2.46. The van der Waals surface area contributed by atoms with Crippen molar-refractivity contribution in [3.63, 3.8) is 0 Å². The number of hydrogen-bond donors (Lipinski definition) is 0. The molecule has 4 heteroatoms. The molecule has 0 radical (unpaired) electrons. The van der Waals surface area contributed by atoms with Gasteiger partial charge in [0.15, 0.2) is 0 Å². The van der Waals surface area contributed by atoms with Crippen LogP contribution in [0.2, 0.25) is 0 Å². The van der Waals surface area contributed by atoms with Crippen molar-refractivity contribution in [2.24, 2.45) is 11.8 Å². The Kier molecular flexibility index (Phi) is 5.50. The monoisotopic (exact) mass is 418 g/mol. The fourth-order valence-electron chi connectivity index (χ4n) is 4.89. The van der Waals surface area contributed by atoms with Gasteiger partial charge in [0.25, 0.3) is 0 Å². The van der Waals surface area contributed by atoms with Gasteiger partial charge in [-0.05, 0) is 118 Å². The van der Waals surface area contributed by atoms with Crippen LogP contribution in [0.5, 0.6) is 11.5 Å². The number of esters is 2. The van der Waals surface area contributed by atoms with Crippen LogP contribution >= 0.6 is 0 Å². The molecule has 2 aromatic rings. The number of aryl methyl sites for hydroxylation is 2. The Morgan fingerprint density at radius 1 is 0.645 bits per heavy atom. The molecule has 31 heavy (non-hydrogen) atoms. The maximum Gasteiger partial charge on any atom is 0.340 e. The summed E-state index contributed by atoms with van der Waals surface area (Å²) in [6.07, 6.45) is 2.66. The van der Waals surface area contributed by atoms with Crippen molar-refractivity contribution < 1.29 is 19.1 Å². The molecule has 0 heterocycles. The van der Waals surface area contributed by atoms with E-state index in [0.717, 1.165) is 52.6 Å². The molecule has 1 saturated carbocycles. The quantitative estimate of drug-likeness (QED) is 0.467. The molecule has 2 atom stereocenters. The lowest BCUT2D eigenvalue weighted by Crippen LogP contribution is -2.24. The van der Waals surface area contributed by atoms with Gasteiger partial charge in [0.05, 0.1) is 11.1 Å². The lowest BCUT2D eigenvalue weighted by molar-refractivity contribution is -0.133. The molecule has 0 amide bonds. The van der Waals surface area contributed by atoms with Gasteiger partial charge in [0, 0.05) is 0 Å². The van der Waals surface area contributed by atoms with Crippen molar-refractivity contribution >= 4 is 11.9 Å². The van der Waals surface area contributed by atoms with Crippen LogP contribution in [-0.2, 0) is 9.59 Å². The molecule has 2 aliphatic rings. The molecule has 2 bridgehead atoms. The number of hydrogen-bond acceptors (Lipinski definition) is 4. The minimum absolute atomic E-state index is 0.0766. The standard InChI is InChI=1S/C27H30O4/c1-14-7-11-22(18(5)16(14)3)30-26(28)24-20-9-10-21(13-20)25(24)27(29)31-23-12-8-15(2)17(4)19(23)6/h7-8,11-12,20-21H,9-10,13H2,1-6H3. The summed E-state index contributed by atoms with van der Waals surface area (Å²) in [4.78, 5) is 26.4. The van der Waals surface area contributed by atoms with Crippen molar-refractivity contribution in [1.82, 2.24) is 0 Å². The summed E-state index contributed by atoms with van der Waals surface area (Å²) in [5, 5.41) is 0. The molecule has 0 aromatic heterocycles. The molecule has 0 aliphatic heterocycles. The SMILES string of the molecule is Cc1ccc(OC(=O)C2=C(C(=O)Oc3ccc(C)c(C)c3C)C3CCC2C3)c(C)c1C. The molecule has 2 aliphatic carbocycles. The van der Waals surface area contributed by atoms with E-state index in [2.05, 4.69) is 0 Å². The third-order valence-corrected chi connectivity index (χ3v) is 7.40. The first-order valence-corrected chi connectivity index (χ1v) is 11.0. The zero-order chi connectivity index (χ0) is 22.4. The second-order valence-corrected chi connectivity index (χ2v) is 9.07. The van der Waals surface area contributed by atoms with Crippen LogP contribution < -0.4 is 9.47 Å². The van der Waals surface area contributed by atoms with E-state index in [0.29, 0.717) is 22.6 Å². The maximum atomic E-state index is 13.2. The van der Waals surface area contributed by atoms with Crippen LogP contribution in [-0.4, -0.2) is 11.9 Å². The molecule has 162 valence electrons. The summed E-state index contributed by atoms with van der Waals surface area (Å²) >= 11 is 0. The van der Waals surface area contributed by atoms with Crippen molar-refractivity contribution in [1.29, 1.82) is 0 Å². The molecule has 1 fully saturated rings. The van der Waals surface area contributed by atoms with Gasteiger partial charge in [-0.1, -0.05) is 12.1 Å². The zero-order valence-corrected chi connectivity index (χ0v) is 19.2. The Morgan fingerprint density at radius 2 is 1.03 bits per heavy atom. The largest absolute Gasteiger partial charge is 0.423 e. The summed E-state index contributed by atoms with van der Waals surface area (Å²) in [6.45, 7) is 12.0. The number of carbonyl (C=O) groups is 2. The number of fused-ring (bicyclic) bond motifs is 2. The van der Waals surface area contributed by atoms with E-state index in [1.165, 1.54) is 0 Å². The van der Waals surface area contributed by atoms with Crippen LogP contribution in [0.1, 0.15) is 52.6 Å². The average Bonchev–Trinajstić information content (AvgIpc) is 3.36. The van der Waals surface area contributed by atoms with Gasteiger partial charge in [-0.15, -0.1) is 0 Å². The molecular weight excluding hydrogens is 388 g/mol.